The molecule has 0 saturated heterocycles. The molecule has 0 aliphatic heterocycles. The number of aromatic amines is 1. The fourth-order valence-corrected chi connectivity index (χ4v) is 2.81. The molecule has 0 fully saturated rings. The van der Waals surface area contributed by atoms with E-state index in [2.05, 4.69) is 26.6 Å². The van der Waals surface area contributed by atoms with Crippen LogP contribution in [-0.4, -0.2) is 21.1 Å². The molecule has 1 heterocycles. The van der Waals surface area contributed by atoms with Gasteiger partial charge in [-0.1, -0.05) is 23.7 Å². The first-order valence-corrected chi connectivity index (χ1v) is 7.70. The molecule has 3 rings (SSSR count). The summed E-state index contributed by atoms with van der Waals surface area (Å²) < 4.78 is 41.1. The number of carbonyl (C=O) groups excluding carboxylic acids is 1. The highest BCUT2D eigenvalue weighted by Crippen LogP contribution is 2.44. The van der Waals surface area contributed by atoms with Crippen molar-refractivity contribution in [3.63, 3.8) is 0 Å². The molecule has 0 bridgehead atoms. The lowest BCUT2D eigenvalue weighted by molar-refractivity contribution is -0.137. The zero-order valence-corrected chi connectivity index (χ0v) is 14.1. The van der Waals surface area contributed by atoms with E-state index in [9.17, 15) is 18.0 Å². The van der Waals surface area contributed by atoms with Crippen LogP contribution in [0.5, 0.6) is 0 Å². The summed E-state index contributed by atoms with van der Waals surface area (Å²) in [4.78, 5) is 15.4. The fraction of sp³-hybridized carbons (Fsp3) is 0.0625. The Morgan fingerprint density at radius 2 is 2.07 bits per heavy atom. The number of nitrogens with one attached hydrogen (secondary N) is 2. The van der Waals surface area contributed by atoms with E-state index in [0.717, 1.165) is 6.07 Å². The van der Waals surface area contributed by atoms with Crippen LogP contribution in [0.1, 0.15) is 15.9 Å². The van der Waals surface area contributed by atoms with Gasteiger partial charge in [-0.05, 0) is 29.8 Å². The molecule has 11 heteroatoms. The number of aromatic nitrogens is 3. The van der Waals surface area contributed by atoms with Crippen molar-refractivity contribution >= 4 is 35.1 Å². The first-order chi connectivity index (χ1) is 12.7. The Morgan fingerprint density at radius 1 is 1.33 bits per heavy atom. The van der Waals surface area contributed by atoms with Crippen molar-refractivity contribution in [1.82, 2.24) is 15.2 Å². The second-order valence-corrected chi connectivity index (χ2v) is 5.79. The number of primary amides is 1. The molecule has 2 aromatic carbocycles. The number of rotatable bonds is 4. The standard InChI is InChI=1S/C16H11ClF3N6O/c17-11-6-7(23-15-24-14(22)25-26-15)5-10(16(18,19)20)12(11)8-3-1-2-4-9(8)13(21)27/h1,3-6H,(H2,21,27)(H4,22,23,24,25,26). The van der Waals surface area contributed by atoms with Gasteiger partial charge in [0.05, 0.1) is 10.6 Å². The van der Waals surface area contributed by atoms with Crippen LogP contribution < -0.4 is 16.8 Å². The Kier molecular flexibility index (Phi) is 4.66. The largest absolute Gasteiger partial charge is 0.417 e. The van der Waals surface area contributed by atoms with E-state index in [-0.39, 0.29) is 39.3 Å². The highest BCUT2D eigenvalue weighted by molar-refractivity contribution is 6.34. The molecule has 7 nitrogen and oxygen atoms in total. The number of hydrogen-bond donors (Lipinski definition) is 4. The van der Waals surface area contributed by atoms with E-state index in [0.29, 0.717) is 0 Å². The van der Waals surface area contributed by atoms with Gasteiger partial charge in [-0.25, -0.2) is 5.10 Å². The molecular weight excluding hydrogens is 385 g/mol. The SMILES string of the molecule is NC(=O)c1c[c]ccc1-c1c(Cl)cc(Nc2n[nH]c(N)n2)cc1C(F)(F)F. The van der Waals surface area contributed by atoms with Crippen molar-refractivity contribution in [2.75, 3.05) is 11.1 Å². The molecule has 0 spiro atoms. The van der Waals surface area contributed by atoms with Crippen LogP contribution in [0.2, 0.25) is 5.02 Å². The highest BCUT2D eigenvalue weighted by atomic mass is 35.5. The molecule has 3 aromatic rings. The molecule has 139 valence electrons. The topological polar surface area (TPSA) is 123 Å². The second kappa shape index (κ2) is 6.80. The Balaban J connectivity index is 2.19. The molecule has 1 aromatic heterocycles. The predicted molar refractivity (Wildman–Crippen MR) is 93.3 cm³/mol. The van der Waals surface area contributed by atoms with E-state index >= 15 is 0 Å². The third-order valence-electron chi connectivity index (χ3n) is 3.55. The minimum atomic E-state index is -4.76. The van der Waals surface area contributed by atoms with Gasteiger partial charge in [0.25, 0.3) is 0 Å². The van der Waals surface area contributed by atoms with E-state index in [1.807, 2.05) is 0 Å². The monoisotopic (exact) mass is 395 g/mol. The number of anilines is 3. The third kappa shape index (κ3) is 3.80. The van der Waals surface area contributed by atoms with Crippen LogP contribution in [0.25, 0.3) is 11.1 Å². The van der Waals surface area contributed by atoms with Gasteiger partial charge < -0.3 is 16.8 Å². The van der Waals surface area contributed by atoms with Crippen LogP contribution >= 0.6 is 11.6 Å². The molecule has 0 unspecified atom stereocenters. The molecule has 0 aliphatic carbocycles. The lowest BCUT2D eigenvalue weighted by atomic mass is 9.94. The number of alkyl halides is 3. The number of nitrogens with two attached hydrogens (primary N) is 2. The Labute approximate surface area is 155 Å². The zero-order valence-electron chi connectivity index (χ0n) is 13.4. The van der Waals surface area contributed by atoms with Crippen LogP contribution in [0.15, 0.2) is 30.3 Å². The summed E-state index contributed by atoms with van der Waals surface area (Å²) in [5.74, 6) is -0.941. The number of benzene rings is 2. The summed E-state index contributed by atoms with van der Waals surface area (Å²) in [5.41, 5.74) is 9.03. The Hall–Kier alpha value is -3.27. The third-order valence-corrected chi connectivity index (χ3v) is 3.85. The second-order valence-electron chi connectivity index (χ2n) is 5.38. The summed E-state index contributed by atoms with van der Waals surface area (Å²) >= 11 is 6.15. The van der Waals surface area contributed by atoms with Crippen LogP contribution in [0, 0.1) is 6.07 Å². The van der Waals surface area contributed by atoms with Crippen molar-refractivity contribution in [2.24, 2.45) is 5.73 Å². The lowest BCUT2D eigenvalue weighted by Crippen LogP contribution is -2.14. The van der Waals surface area contributed by atoms with Crippen molar-refractivity contribution in [3.8, 4) is 11.1 Å². The quantitative estimate of drug-likeness (QED) is 0.539. The van der Waals surface area contributed by atoms with E-state index in [1.54, 1.807) is 0 Å². The van der Waals surface area contributed by atoms with Crippen molar-refractivity contribution in [1.29, 1.82) is 0 Å². The van der Waals surface area contributed by atoms with E-state index in [4.69, 9.17) is 23.1 Å². The highest BCUT2D eigenvalue weighted by Gasteiger charge is 2.36. The normalized spacial score (nSPS) is 11.4. The van der Waals surface area contributed by atoms with Crippen molar-refractivity contribution < 1.29 is 18.0 Å². The molecule has 6 N–H and O–H groups in total. The summed E-state index contributed by atoms with van der Waals surface area (Å²) in [7, 11) is 0. The minimum Gasteiger partial charge on any atom is -0.368 e. The van der Waals surface area contributed by atoms with Crippen molar-refractivity contribution in [3.05, 3.63) is 52.5 Å². The van der Waals surface area contributed by atoms with E-state index in [1.165, 1.54) is 24.3 Å². The summed E-state index contributed by atoms with van der Waals surface area (Å²) in [6.07, 6.45) is -4.76. The average Bonchev–Trinajstić information content (AvgIpc) is 2.98. The smallest absolute Gasteiger partial charge is 0.368 e. The molecule has 0 atom stereocenters. The number of nitrogens with zero attached hydrogens (tertiary/aromatic N) is 2. The number of carbonyl (C=O) groups is 1. The molecule has 1 amide bonds. The van der Waals surface area contributed by atoms with Gasteiger partial charge in [-0.15, -0.1) is 5.10 Å². The molecule has 1 radical (unpaired) electrons. The number of H-pyrrole nitrogens is 1. The molecule has 27 heavy (non-hydrogen) atoms. The van der Waals surface area contributed by atoms with Crippen molar-refractivity contribution in [2.45, 2.75) is 6.18 Å². The Morgan fingerprint density at radius 3 is 2.67 bits per heavy atom. The van der Waals surface area contributed by atoms with Gasteiger partial charge in [-0.2, -0.15) is 18.2 Å². The van der Waals surface area contributed by atoms with Gasteiger partial charge in [0.15, 0.2) is 0 Å². The summed E-state index contributed by atoms with van der Waals surface area (Å²) in [5, 5.41) is 8.37. The first-order valence-electron chi connectivity index (χ1n) is 7.32. The molecule has 0 saturated carbocycles. The Bertz CT molecular complexity index is 1020. The maximum atomic E-state index is 13.7. The predicted octanol–water partition coefficient (Wildman–Crippen LogP) is 3.37. The lowest BCUT2D eigenvalue weighted by Gasteiger charge is -2.18. The minimum absolute atomic E-state index is 0.0112. The van der Waals surface area contributed by atoms with Crippen LogP contribution in [0.3, 0.4) is 0 Å². The summed E-state index contributed by atoms with van der Waals surface area (Å²) in [6.45, 7) is 0. The maximum Gasteiger partial charge on any atom is 0.417 e. The average molecular weight is 396 g/mol. The van der Waals surface area contributed by atoms with Gasteiger partial charge in [-0.3, -0.25) is 4.79 Å². The summed E-state index contributed by atoms with van der Waals surface area (Å²) in [6, 6.07) is 8.54. The molecule has 0 aliphatic rings. The van der Waals surface area contributed by atoms with Gasteiger partial charge in [0, 0.05) is 16.8 Å². The zero-order chi connectivity index (χ0) is 19.8. The molecular formula is C16H11ClF3N6O. The number of nitrogen functional groups attached to an aromatic ring is 1. The number of halogens is 4. The van der Waals surface area contributed by atoms with Gasteiger partial charge in [0.1, 0.15) is 0 Å². The first kappa shape index (κ1) is 18.5. The fourth-order valence-electron chi connectivity index (χ4n) is 2.49. The number of amides is 1. The number of hydrogen-bond acceptors (Lipinski definition) is 5. The van der Waals surface area contributed by atoms with Gasteiger partial charge >= 0.3 is 6.18 Å². The van der Waals surface area contributed by atoms with Crippen LogP contribution in [-0.2, 0) is 6.18 Å². The van der Waals surface area contributed by atoms with Gasteiger partial charge in [0.2, 0.25) is 17.8 Å². The maximum absolute atomic E-state index is 13.7. The van der Waals surface area contributed by atoms with E-state index < -0.39 is 17.6 Å². The van der Waals surface area contributed by atoms with Crippen LogP contribution in [0.4, 0.5) is 30.8 Å².